The lowest BCUT2D eigenvalue weighted by Crippen LogP contribution is -2.14. The molecule has 0 saturated heterocycles. The molecule has 45 heavy (non-hydrogen) atoms. The first kappa shape index (κ1) is 27.9. The van der Waals surface area contributed by atoms with Gasteiger partial charge in [0.05, 0.1) is 10.9 Å². The lowest BCUT2D eigenvalue weighted by molar-refractivity contribution is -0.430. The Labute approximate surface area is 269 Å². The predicted molar refractivity (Wildman–Crippen MR) is 193 cm³/mol. The predicted octanol–water partition coefficient (Wildman–Crippen LogP) is 10.3. The molecule has 0 bridgehead atoms. The van der Waals surface area contributed by atoms with E-state index in [0.29, 0.717) is 0 Å². The SMILES string of the molecule is CCn1/c(=C/C=C2\CCC(/C=C/C3=[N+](CC)c4cc(Cl)cc5cccc3c45)=C2c2ccccc2)c2cccc3c(C)ccc1c32. The van der Waals surface area contributed by atoms with Crippen molar-refractivity contribution in [2.75, 3.05) is 6.54 Å². The highest BCUT2D eigenvalue weighted by atomic mass is 35.5. The van der Waals surface area contributed by atoms with Crippen molar-refractivity contribution < 1.29 is 4.58 Å². The molecule has 0 spiro atoms. The fourth-order valence-electron chi connectivity index (χ4n) is 7.75. The van der Waals surface area contributed by atoms with Crippen LogP contribution in [0.2, 0.25) is 5.02 Å². The number of benzene rings is 5. The van der Waals surface area contributed by atoms with Gasteiger partial charge in [-0.2, -0.15) is 4.58 Å². The number of aryl methyl sites for hydroxylation is 2. The number of hydrogen-bond donors (Lipinski definition) is 0. The first-order valence-electron chi connectivity index (χ1n) is 16.1. The molecule has 2 heterocycles. The number of rotatable bonds is 6. The van der Waals surface area contributed by atoms with Crippen LogP contribution in [0.5, 0.6) is 0 Å². The van der Waals surface area contributed by atoms with Crippen molar-refractivity contribution in [2.45, 2.75) is 40.2 Å². The van der Waals surface area contributed by atoms with Crippen molar-refractivity contribution in [1.82, 2.24) is 4.57 Å². The van der Waals surface area contributed by atoms with Gasteiger partial charge in [0.15, 0.2) is 0 Å². The van der Waals surface area contributed by atoms with Gasteiger partial charge in [-0.3, -0.25) is 0 Å². The molecule has 6 aromatic rings. The lowest BCUT2D eigenvalue weighted by Gasteiger charge is -2.08. The molecule has 3 heteroatoms. The van der Waals surface area contributed by atoms with Crippen LogP contribution in [0.15, 0.2) is 120 Å². The fraction of sp³-hybridized carbons (Fsp3) is 0.167. The summed E-state index contributed by atoms with van der Waals surface area (Å²) in [7, 11) is 0. The van der Waals surface area contributed by atoms with Crippen molar-refractivity contribution in [2.24, 2.45) is 0 Å². The number of aromatic nitrogens is 1. The average molecular weight is 604 g/mol. The van der Waals surface area contributed by atoms with Crippen LogP contribution in [0.1, 0.15) is 43.4 Å². The summed E-state index contributed by atoms with van der Waals surface area (Å²) in [6, 6.07) is 32.9. The van der Waals surface area contributed by atoms with E-state index in [1.54, 1.807) is 0 Å². The highest BCUT2D eigenvalue weighted by molar-refractivity contribution is 6.32. The van der Waals surface area contributed by atoms with Gasteiger partial charge >= 0.3 is 0 Å². The molecular formula is C42H36ClN2+. The third-order valence-corrected chi connectivity index (χ3v) is 9.98. The molecule has 2 nitrogen and oxygen atoms in total. The molecule has 1 aliphatic carbocycles. The summed E-state index contributed by atoms with van der Waals surface area (Å²) in [4.78, 5) is 0. The molecule has 0 N–H and O–H groups in total. The minimum Gasteiger partial charge on any atom is -0.341 e. The third-order valence-electron chi connectivity index (χ3n) is 9.76. The van der Waals surface area contributed by atoms with Crippen molar-refractivity contribution in [1.29, 1.82) is 0 Å². The molecule has 5 aromatic carbocycles. The summed E-state index contributed by atoms with van der Waals surface area (Å²) in [6.45, 7) is 8.50. The topological polar surface area (TPSA) is 7.94 Å². The average Bonchev–Trinajstić information content (AvgIpc) is 3.71. The van der Waals surface area contributed by atoms with Crippen molar-refractivity contribution in [3.63, 3.8) is 0 Å². The Morgan fingerprint density at radius 1 is 0.800 bits per heavy atom. The van der Waals surface area contributed by atoms with Crippen molar-refractivity contribution >= 4 is 67.1 Å². The monoisotopic (exact) mass is 603 g/mol. The van der Waals surface area contributed by atoms with E-state index >= 15 is 0 Å². The maximum absolute atomic E-state index is 6.55. The Bertz CT molecular complexity index is 2340. The minimum absolute atomic E-state index is 0.783. The Balaban J connectivity index is 1.28. The summed E-state index contributed by atoms with van der Waals surface area (Å²) < 4.78 is 4.87. The maximum Gasteiger partial charge on any atom is 0.215 e. The van der Waals surface area contributed by atoms with Crippen LogP contribution in [0, 0.1) is 6.92 Å². The zero-order chi connectivity index (χ0) is 30.7. The van der Waals surface area contributed by atoms with E-state index in [4.69, 9.17) is 11.6 Å². The second-order valence-corrected chi connectivity index (χ2v) is 12.6. The fourth-order valence-corrected chi connectivity index (χ4v) is 7.97. The van der Waals surface area contributed by atoms with Crippen LogP contribution in [-0.2, 0) is 6.54 Å². The van der Waals surface area contributed by atoms with Crippen LogP contribution >= 0.6 is 11.6 Å². The summed E-state index contributed by atoms with van der Waals surface area (Å²) >= 11 is 6.55. The first-order valence-corrected chi connectivity index (χ1v) is 16.5. The van der Waals surface area contributed by atoms with Gasteiger partial charge in [0.25, 0.3) is 0 Å². The molecule has 2 aliphatic rings. The molecule has 220 valence electrons. The van der Waals surface area contributed by atoms with E-state index in [2.05, 4.69) is 145 Å². The molecular weight excluding hydrogens is 568 g/mol. The zero-order valence-electron chi connectivity index (χ0n) is 26.1. The van der Waals surface area contributed by atoms with Gasteiger partial charge in [-0.15, -0.1) is 0 Å². The highest BCUT2D eigenvalue weighted by Crippen LogP contribution is 2.41. The van der Waals surface area contributed by atoms with Gasteiger partial charge in [-0.25, -0.2) is 0 Å². The molecule has 0 radical (unpaired) electrons. The molecule has 1 aromatic heterocycles. The van der Waals surface area contributed by atoms with Crippen molar-refractivity contribution in [3.8, 4) is 0 Å². The summed E-state index contributed by atoms with van der Waals surface area (Å²) in [5, 5.41) is 8.62. The van der Waals surface area contributed by atoms with E-state index in [1.807, 2.05) is 0 Å². The van der Waals surface area contributed by atoms with Crippen LogP contribution in [0.25, 0.3) is 44.1 Å². The van der Waals surface area contributed by atoms with Crippen LogP contribution in [0.3, 0.4) is 0 Å². The zero-order valence-corrected chi connectivity index (χ0v) is 26.8. The van der Waals surface area contributed by atoms with Gasteiger partial charge in [0.2, 0.25) is 11.4 Å². The van der Waals surface area contributed by atoms with Gasteiger partial charge in [0, 0.05) is 45.3 Å². The minimum atomic E-state index is 0.783. The molecule has 0 saturated carbocycles. The largest absolute Gasteiger partial charge is 0.341 e. The Hall–Kier alpha value is -4.66. The number of halogens is 1. The summed E-state index contributed by atoms with van der Waals surface area (Å²) in [5.74, 6) is 0. The van der Waals surface area contributed by atoms with E-state index in [9.17, 15) is 0 Å². The standard InChI is InChI=1S/C42H36ClN2/c1-4-44-37(35-16-10-14-33-27(3)17-22-38(44)42(33)35)24-21-30-19-18-29(40(30)28-11-7-6-8-12-28)20-23-36-34-15-9-13-31-25-32(43)26-39(41(31)34)45(36)5-2/h6-17,20-26H,4-5,18-19H2,1-3H3/q+1. The van der Waals surface area contributed by atoms with Gasteiger partial charge in [-0.1, -0.05) is 90.5 Å². The van der Waals surface area contributed by atoms with Crippen LogP contribution < -0.4 is 5.35 Å². The Morgan fingerprint density at radius 2 is 1.62 bits per heavy atom. The van der Waals surface area contributed by atoms with E-state index < -0.39 is 0 Å². The van der Waals surface area contributed by atoms with Gasteiger partial charge in [-0.05, 0) is 96.5 Å². The molecule has 0 fully saturated rings. The van der Waals surface area contributed by atoms with Gasteiger partial charge < -0.3 is 4.57 Å². The number of allylic oxidation sites excluding steroid dienone is 6. The second-order valence-electron chi connectivity index (χ2n) is 12.2. The van der Waals surface area contributed by atoms with E-state index in [0.717, 1.165) is 31.0 Å². The summed E-state index contributed by atoms with van der Waals surface area (Å²) in [5.41, 5.74) is 11.8. The quantitative estimate of drug-likeness (QED) is 0.167. The highest BCUT2D eigenvalue weighted by Gasteiger charge is 2.30. The van der Waals surface area contributed by atoms with Crippen LogP contribution in [-0.4, -0.2) is 21.4 Å². The summed E-state index contributed by atoms with van der Waals surface area (Å²) in [6.07, 6.45) is 11.5. The lowest BCUT2D eigenvalue weighted by atomic mass is 9.97. The Morgan fingerprint density at radius 3 is 2.44 bits per heavy atom. The van der Waals surface area contributed by atoms with Gasteiger partial charge in [0.1, 0.15) is 6.54 Å². The molecule has 0 atom stereocenters. The second kappa shape index (κ2) is 11.1. The normalized spacial score (nSPS) is 16.4. The van der Waals surface area contributed by atoms with Crippen LogP contribution in [0.4, 0.5) is 5.69 Å². The first-order chi connectivity index (χ1) is 22.1. The van der Waals surface area contributed by atoms with E-state index in [-0.39, 0.29) is 0 Å². The van der Waals surface area contributed by atoms with E-state index in [1.165, 1.54) is 82.6 Å². The maximum atomic E-state index is 6.55. The molecule has 1 aliphatic heterocycles. The third kappa shape index (κ3) is 4.42. The van der Waals surface area contributed by atoms with Crippen molar-refractivity contribution in [3.05, 3.63) is 147 Å². The molecule has 0 unspecified atom stereocenters. The smallest absolute Gasteiger partial charge is 0.215 e. The molecule has 0 amide bonds. The Kier molecular flexibility index (Phi) is 6.84. The molecule has 8 rings (SSSR count). The number of hydrogen-bond acceptors (Lipinski definition) is 0. The number of nitrogens with zero attached hydrogens (tertiary/aromatic N) is 2.